The smallest absolute Gasteiger partial charge is 0.343 e. The Morgan fingerprint density at radius 2 is 1.38 bits per heavy atom. The average molecular weight is 284 g/mol. The fourth-order valence-corrected chi connectivity index (χ4v) is 1.82. The molecule has 0 N–H and O–H groups in total. The number of esters is 2. The first-order valence-corrected chi connectivity index (χ1v) is 6.63. The maximum atomic E-state index is 12.0. The second kappa shape index (κ2) is 6.70. The summed E-state index contributed by atoms with van der Waals surface area (Å²) in [6.45, 7) is 2.05. The van der Waals surface area contributed by atoms with Gasteiger partial charge in [0.1, 0.15) is 5.75 Å². The second-order valence-electron chi connectivity index (χ2n) is 4.46. The third-order valence-corrected chi connectivity index (χ3v) is 3.08. The molecule has 0 amide bonds. The van der Waals surface area contributed by atoms with E-state index in [4.69, 9.17) is 4.74 Å². The molecule has 0 spiro atoms. The average Bonchev–Trinajstić information content (AvgIpc) is 2.55. The molecule has 0 unspecified atom stereocenters. The molecule has 0 saturated heterocycles. The lowest BCUT2D eigenvalue weighted by Gasteiger charge is -2.06. The lowest BCUT2D eigenvalue weighted by atomic mass is 10.1. The van der Waals surface area contributed by atoms with Gasteiger partial charge in [0.15, 0.2) is 0 Å². The van der Waals surface area contributed by atoms with Gasteiger partial charge in [-0.25, -0.2) is 9.59 Å². The Kier molecular flexibility index (Phi) is 4.72. The van der Waals surface area contributed by atoms with E-state index in [1.807, 2.05) is 12.1 Å². The van der Waals surface area contributed by atoms with Crippen LogP contribution >= 0.6 is 0 Å². The zero-order valence-corrected chi connectivity index (χ0v) is 12.0. The first kappa shape index (κ1) is 14.8. The van der Waals surface area contributed by atoms with Gasteiger partial charge >= 0.3 is 11.9 Å². The summed E-state index contributed by atoms with van der Waals surface area (Å²) < 4.78 is 9.85. The maximum absolute atomic E-state index is 12.0. The molecule has 4 heteroatoms. The van der Waals surface area contributed by atoms with Crippen molar-refractivity contribution in [3.63, 3.8) is 0 Å². The number of ether oxygens (including phenoxy) is 2. The van der Waals surface area contributed by atoms with Gasteiger partial charge in [-0.15, -0.1) is 0 Å². The molecule has 0 aliphatic carbocycles. The van der Waals surface area contributed by atoms with Gasteiger partial charge in [0.2, 0.25) is 0 Å². The van der Waals surface area contributed by atoms with E-state index in [1.54, 1.807) is 36.4 Å². The summed E-state index contributed by atoms with van der Waals surface area (Å²) in [6.07, 6.45) is 0.921. The summed E-state index contributed by atoms with van der Waals surface area (Å²) in [6, 6.07) is 13.5. The minimum absolute atomic E-state index is 0.382. The molecule has 108 valence electrons. The summed E-state index contributed by atoms with van der Waals surface area (Å²) in [5.74, 6) is -0.473. The number of rotatable bonds is 4. The van der Waals surface area contributed by atoms with Crippen molar-refractivity contribution < 1.29 is 19.1 Å². The first-order chi connectivity index (χ1) is 10.1. The zero-order chi connectivity index (χ0) is 15.2. The highest BCUT2D eigenvalue weighted by atomic mass is 16.5. The van der Waals surface area contributed by atoms with Gasteiger partial charge in [0.05, 0.1) is 18.2 Å². The van der Waals surface area contributed by atoms with Crippen LogP contribution in [-0.2, 0) is 11.2 Å². The molecule has 0 aromatic heterocycles. The van der Waals surface area contributed by atoms with Crippen LogP contribution in [0.2, 0.25) is 0 Å². The Labute approximate surface area is 123 Å². The van der Waals surface area contributed by atoms with Crippen LogP contribution in [0.5, 0.6) is 5.75 Å². The topological polar surface area (TPSA) is 52.6 Å². The van der Waals surface area contributed by atoms with Crippen LogP contribution in [0, 0.1) is 0 Å². The minimum Gasteiger partial charge on any atom is -0.465 e. The van der Waals surface area contributed by atoms with Gasteiger partial charge in [-0.3, -0.25) is 0 Å². The summed E-state index contributed by atoms with van der Waals surface area (Å²) in [7, 11) is 1.32. The van der Waals surface area contributed by atoms with Gasteiger partial charge < -0.3 is 9.47 Å². The van der Waals surface area contributed by atoms with Gasteiger partial charge in [-0.05, 0) is 48.4 Å². The monoisotopic (exact) mass is 284 g/mol. The highest BCUT2D eigenvalue weighted by Crippen LogP contribution is 2.15. The van der Waals surface area contributed by atoms with Crippen LogP contribution in [0.4, 0.5) is 0 Å². The maximum Gasteiger partial charge on any atom is 0.343 e. The molecule has 0 aliphatic rings. The largest absolute Gasteiger partial charge is 0.465 e. The van der Waals surface area contributed by atoms with Crippen LogP contribution < -0.4 is 4.74 Å². The van der Waals surface area contributed by atoms with Gasteiger partial charge in [-0.2, -0.15) is 0 Å². The number of carbonyl (C=O) groups excluding carboxylic acids is 2. The molecule has 4 nitrogen and oxygen atoms in total. The van der Waals surface area contributed by atoms with Crippen LogP contribution in [0.1, 0.15) is 33.2 Å². The van der Waals surface area contributed by atoms with E-state index < -0.39 is 11.9 Å². The molecule has 0 atom stereocenters. The number of hydrogen-bond donors (Lipinski definition) is 0. The summed E-state index contributed by atoms with van der Waals surface area (Å²) >= 11 is 0. The Hall–Kier alpha value is -2.62. The van der Waals surface area contributed by atoms with Crippen LogP contribution in [0.3, 0.4) is 0 Å². The van der Waals surface area contributed by atoms with Crippen molar-refractivity contribution in [2.75, 3.05) is 7.11 Å². The molecule has 0 radical (unpaired) electrons. The summed E-state index contributed by atoms with van der Waals surface area (Å²) in [5.41, 5.74) is 2.06. The molecular weight excluding hydrogens is 268 g/mol. The molecule has 2 rings (SSSR count). The van der Waals surface area contributed by atoms with Gasteiger partial charge in [0.25, 0.3) is 0 Å². The fourth-order valence-electron chi connectivity index (χ4n) is 1.82. The molecule has 21 heavy (non-hydrogen) atoms. The van der Waals surface area contributed by atoms with Gasteiger partial charge in [-0.1, -0.05) is 19.1 Å². The lowest BCUT2D eigenvalue weighted by Crippen LogP contribution is -2.08. The van der Waals surface area contributed by atoms with E-state index in [9.17, 15) is 9.59 Å². The molecule has 0 heterocycles. The predicted octanol–water partition coefficient (Wildman–Crippen LogP) is 3.25. The Morgan fingerprint density at radius 1 is 0.857 bits per heavy atom. The van der Waals surface area contributed by atoms with Crippen molar-refractivity contribution >= 4 is 11.9 Å². The molecular formula is C17H16O4. The van der Waals surface area contributed by atoms with E-state index in [2.05, 4.69) is 11.7 Å². The predicted molar refractivity (Wildman–Crippen MR) is 78.6 cm³/mol. The van der Waals surface area contributed by atoms with E-state index in [0.29, 0.717) is 16.9 Å². The molecule has 0 fully saturated rings. The standard InChI is InChI=1S/C17H16O4/c1-3-12-4-6-14(7-5-12)17(19)21-15-10-8-13(9-11-15)16(18)20-2/h4-11H,3H2,1-2H3. The molecule has 2 aromatic carbocycles. The molecule has 2 aromatic rings. The number of carbonyl (C=O) groups is 2. The van der Waals surface area contributed by atoms with Crippen molar-refractivity contribution in [2.45, 2.75) is 13.3 Å². The molecule has 0 bridgehead atoms. The van der Waals surface area contributed by atoms with Crippen LogP contribution in [0.15, 0.2) is 48.5 Å². The van der Waals surface area contributed by atoms with Crippen molar-refractivity contribution in [3.8, 4) is 5.75 Å². The van der Waals surface area contributed by atoms with Crippen molar-refractivity contribution in [3.05, 3.63) is 65.2 Å². The molecule has 0 aliphatic heterocycles. The normalized spacial score (nSPS) is 10.0. The number of hydrogen-bond acceptors (Lipinski definition) is 4. The van der Waals surface area contributed by atoms with Crippen molar-refractivity contribution in [1.29, 1.82) is 0 Å². The lowest BCUT2D eigenvalue weighted by molar-refractivity contribution is 0.0600. The van der Waals surface area contributed by atoms with E-state index in [-0.39, 0.29) is 0 Å². The second-order valence-corrected chi connectivity index (χ2v) is 4.46. The fraction of sp³-hybridized carbons (Fsp3) is 0.176. The first-order valence-electron chi connectivity index (χ1n) is 6.63. The number of benzene rings is 2. The summed E-state index contributed by atoms with van der Waals surface area (Å²) in [5, 5.41) is 0. The number of methoxy groups -OCH3 is 1. The third kappa shape index (κ3) is 3.69. The van der Waals surface area contributed by atoms with Crippen molar-refractivity contribution in [2.24, 2.45) is 0 Å². The van der Waals surface area contributed by atoms with E-state index >= 15 is 0 Å². The van der Waals surface area contributed by atoms with E-state index in [1.165, 1.54) is 7.11 Å². The SMILES string of the molecule is CCc1ccc(C(=O)Oc2ccc(C(=O)OC)cc2)cc1. The third-order valence-electron chi connectivity index (χ3n) is 3.08. The molecule has 0 saturated carbocycles. The van der Waals surface area contributed by atoms with Crippen LogP contribution in [-0.4, -0.2) is 19.0 Å². The van der Waals surface area contributed by atoms with Crippen molar-refractivity contribution in [1.82, 2.24) is 0 Å². The Bertz CT molecular complexity index is 627. The quantitative estimate of drug-likeness (QED) is 0.639. The Morgan fingerprint density at radius 3 is 1.90 bits per heavy atom. The Balaban J connectivity index is 2.06. The highest BCUT2D eigenvalue weighted by Gasteiger charge is 2.10. The summed E-state index contributed by atoms with van der Waals surface area (Å²) in [4.78, 5) is 23.3. The number of aryl methyl sites for hydroxylation is 1. The van der Waals surface area contributed by atoms with E-state index in [0.717, 1.165) is 12.0 Å². The highest BCUT2D eigenvalue weighted by molar-refractivity contribution is 5.92. The zero-order valence-electron chi connectivity index (χ0n) is 12.0. The van der Waals surface area contributed by atoms with Gasteiger partial charge in [0, 0.05) is 0 Å². The minimum atomic E-state index is -0.428. The van der Waals surface area contributed by atoms with Crippen LogP contribution in [0.25, 0.3) is 0 Å².